The number of rotatable bonds is 4. The van der Waals surface area contributed by atoms with Crippen LogP contribution in [0.1, 0.15) is 15.9 Å². The number of benzene rings is 2. The molecule has 0 radical (unpaired) electrons. The summed E-state index contributed by atoms with van der Waals surface area (Å²) < 4.78 is 10.3. The van der Waals surface area contributed by atoms with Gasteiger partial charge in [0.25, 0.3) is 0 Å². The van der Waals surface area contributed by atoms with Gasteiger partial charge in [0.15, 0.2) is 5.78 Å². The van der Waals surface area contributed by atoms with Crippen LogP contribution in [0.3, 0.4) is 0 Å². The molecule has 0 atom stereocenters. The second kappa shape index (κ2) is 5.52. The predicted octanol–water partition coefficient (Wildman–Crippen LogP) is 2.10. The number of ketones is 1. The standard InChI is InChI=1S/C15H16N2O3/c1-19-10-4-6-14(20-2)12(8-10)15(18)11-5-3-9(16)7-13(11)17/h3-8H,16-17H2,1-2H3. The Hall–Kier alpha value is -2.69. The summed E-state index contributed by atoms with van der Waals surface area (Å²) in [4.78, 5) is 12.6. The van der Waals surface area contributed by atoms with Crippen LogP contribution in [0.25, 0.3) is 0 Å². The molecular weight excluding hydrogens is 256 g/mol. The second-order valence-electron chi connectivity index (χ2n) is 4.24. The van der Waals surface area contributed by atoms with E-state index in [0.29, 0.717) is 34.0 Å². The van der Waals surface area contributed by atoms with Crippen molar-refractivity contribution in [3.63, 3.8) is 0 Å². The first-order valence-electron chi connectivity index (χ1n) is 5.98. The molecule has 2 aromatic rings. The fourth-order valence-corrected chi connectivity index (χ4v) is 1.92. The molecular formula is C15H16N2O3. The Morgan fingerprint density at radius 1 is 0.950 bits per heavy atom. The molecule has 2 aromatic carbocycles. The van der Waals surface area contributed by atoms with E-state index in [1.165, 1.54) is 14.2 Å². The zero-order valence-corrected chi connectivity index (χ0v) is 11.3. The van der Waals surface area contributed by atoms with Crippen molar-refractivity contribution in [3.05, 3.63) is 47.5 Å². The molecule has 0 amide bonds. The van der Waals surface area contributed by atoms with Crippen LogP contribution in [0.2, 0.25) is 0 Å². The lowest BCUT2D eigenvalue weighted by atomic mass is 10.00. The van der Waals surface area contributed by atoms with Crippen LogP contribution in [0.5, 0.6) is 11.5 Å². The van der Waals surface area contributed by atoms with Gasteiger partial charge in [0.2, 0.25) is 0 Å². The van der Waals surface area contributed by atoms with Gasteiger partial charge in [-0.25, -0.2) is 0 Å². The van der Waals surface area contributed by atoms with E-state index < -0.39 is 0 Å². The number of hydrogen-bond donors (Lipinski definition) is 2. The maximum atomic E-state index is 12.6. The van der Waals surface area contributed by atoms with Crippen molar-refractivity contribution in [2.24, 2.45) is 0 Å². The fraction of sp³-hybridized carbons (Fsp3) is 0.133. The van der Waals surface area contributed by atoms with Gasteiger partial charge in [-0.3, -0.25) is 4.79 Å². The van der Waals surface area contributed by atoms with Gasteiger partial charge in [0.1, 0.15) is 11.5 Å². The molecule has 0 saturated heterocycles. The SMILES string of the molecule is COc1ccc(OC)c(C(=O)c2ccc(N)cc2N)c1. The second-order valence-corrected chi connectivity index (χ2v) is 4.24. The largest absolute Gasteiger partial charge is 0.497 e. The first-order valence-corrected chi connectivity index (χ1v) is 5.98. The van der Waals surface area contributed by atoms with Crippen molar-refractivity contribution in [1.82, 2.24) is 0 Å². The molecule has 0 saturated carbocycles. The molecule has 2 rings (SSSR count). The molecule has 0 aromatic heterocycles. The molecule has 0 aliphatic rings. The zero-order valence-electron chi connectivity index (χ0n) is 11.3. The Balaban J connectivity index is 2.51. The summed E-state index contributed by atoms with van der Waals surface area (Å²) in [6.07, 6.45) is 0. The lowest BCUT2D eigenvalue weighted by Crippen LogP contribution is -2.08. The summed E-state index contributed by atoms with van der Waals surface area (Å²) in [5.74, 6) is 0.799. The third kappa shape index (κ3) is 2.51. The van der Waals surface area contributed by atoms with Gasteiger partial charge in [-0.2, -0.15) is 0 Å². The molecule has 0 heterocycles. The van der Waals surface area contributed by atoms with Crippen molar-refractivity contribution in [1.29, 1.82) is 0 Å². The van der Waals surface area contributed by atoms with Crippen LogP contribution in [0.15, 0.2) is 36.4 Å². The van der Waals surface area contributed by atoms with Gasteiger partial charge in [0.05, 0.1) is 19.8 Å². The third-order valence-electron chi connectivity index (χ3n) is 2.97. The van der Waals surface area contributed by atoms with E-state index in [0.717, 1.165) is 0 Å². The van der Waals surface area contributed by atoms with Crippen LogP contribution < -0.4 is 20.9 Å². The molecule has 0 spiro atoms. The van der Waals surface area contributed by atoms with Crippen molar-refractivity contribution in [2.45, 2.75) is 0 Å². The quantitative estimate of drug-likeness (QED) is 0.657. The molecule has 0 fully saturated rings. The van der Waals surface area contributed by atoms with Gasteiger partial charge >= 0.3 is 0 Å². The minimum atomic E-state index is -0.238. The first-order chi connectivity index (χ1) is 9.56. The Bertz CT molecular complexity index is 654. The summed E-state index contributed by atoms with van der Waals surface area (Å²) in [7, 11) is 3.04. The summed E-state index contributed by atoms with van der Waals surface area (Å²) in [5.41, 5.74) is 13.1. The van der Waals surface area contributed by atoms with Gasteiger partial charge < -0.3 is 20.9 Å². The van der Waals surface area contributed by atoms with Crippen molar-refractivity contribution in [2.75, 3.05) is 25.7 Å². The average Bonchev–Trinajstić information content (AvgIpc) is 2.46. The number of carbonyl (C=O) groups excluding carboxylic acids is 1. The van der Waals surface area contributed by atoms with Gasteiger partial charge in [-0.1, -0.05) is 0 Å². The van der Waals surface area contributed by atoms with Crippen LogP contribution in [-0.4, -0.2) is 20.0 Å². The number of hydrogen-bond acceptors (Lipinski definition) is 5. The Kier molecular flexibility index (Phi) is 3.79. The maximum absolute atomic E-state index is 12.6. The Morgan fingerprint density at radius 3 is 2.30 bits per heavy atom. The molecule has 5 nitrogen and oxygen atoms in total. The highest BCUT2D eigenvalue weighted by Crippen LogP contribution is 2.28. The van der Waals surface area contributed by atoms with Gasteiger partial charge in [0, 0.05) is 16.9 Å². The van der Waals surface area contributed by atoms with E-state index in [9.17, 15) is 4.79 Å². The number of carbonyl (C=O) groups is 1. The van der Waals surface area contributed by atoms with Crippen LogP contribution in [0.4, 0.5) is 11.4 Å². The Labute approximate surface area is 117 Å². The van der Waals surface area contributed by atoms with Crippen LogP contribution in [-0.2, 0) is 0 Å². The fourth-order valence-electron chi connectivity index (χ4n) is 1.92. The van der Waals surface area contributed by atoms with E-state index in [1.54, 1.807) is 36.4 Å². The van der Waals surface area contributed by atoms with Crippen molar-refractivity contribution in [3.8, 4) is 11.5 Å². The summed E-state index contributed by atoms with van der Waals surface area (Å²) >= 11 is 0. The molecule has 104 valence electrons. The highest BCUT2D eigenvalue weighted by atomic mass is 16.5. The minimum absolute atomic E-state index is 0.238. The topological polar surface area (TPSA) is 87.6 Å². The summed E-state index contributed by atoms with van der Waals surface area (Å²) in [5, 5.41) is 0. The van der Waals surface area contributed by atoms with Gasteiger partial charge in [-0.05, 0) is 36.4 Å². The smallest absolute Gasteiger partial charge is 0.198 e. The highest BCUT2D eigenvalue weighted by molar-refractivity contribution is 6.14. The number of methoxy groups -OCH3 is 2. The van der Waals surface area contributed by atoms with E-state index in [1.807, 2.05) is 0 Å². The van der Waals surface area contributed by atoms with Crippen molar-refractivity contribution >= 4 is 17.2 Å². The number of ether oxygens (including phenoxy) is 2. The molecule has 0 unspecified atom stereocenters. The highest BCUT2D eigenvalue weighted by Gasteiger charge is 2.18. The monoisotopic (exact) mass is 272 g/mol. The van der Waals surface area contributed by atoms with E-state index >= 15 is 0 Å². The molecule has 4 N–H and O–H groups in total. The lowest BCUT2D eigenvalue weighted by Gasteiger charge is -2.11. The molecule has 20 heavy (non-hydrogen) atoms. The maximum Gasteiger partial charge on any atom is 0.198 e. The first kappa shape index (κ1) is 13.7. The van der Waals surface area contributed by atoms with Crippen LogP contribution >= 0.6 is 0 Å². The van der Waals surface area contributed by atoms with E-state index in [2.05, 4.69) is 0 Å². The van der Waals surface area contributed by atoms with E-state index in [-0.39, 0.29) is 5.78 Å². The van der Waals surface area contributed by atoms with Gasteiger partial charge in [-0.15, -0.1) is 0 Å². The summed E-state index contributed by atoms with van der Waals surface area (Å²) in [6.45, 7) is 0. The average molecular weight is 272 g/mol. The molecule has 0 aliphatic heterocycles. The number of nitrogens with two attached hydrogens (primary N) is 2. The Morgan fingerprint density at radius 2 is 1.70 bits per heavy atom. The molecule has 0 aliphatic carbocycles. The number of anilines is 2. The zero-order chi connectivity index (χ0) is 14.7. The third-order valence-corrected chi connectivity index (χ3v) is 2.97. The minimum Gasteiger partial charge on any atom is -0.497 e. The van der Waals surface area contributed by atoms with Crippen molar-refractivity contribution < 1.29 is 14.3 Å². The predicted molar refractivity (Wildman–Crippen MR) is 78.2 cm³/mol. The molecule has 0 bridgehead atoms. The lowest BCUT2D eigenvalue weighted by molar-refractivity contribution is 0.103. The van der Waals surface area contributed by atoms with Crippen LogP contribution in [0, 0.1) is 0 Å². The number of nitrogen functional groups attached to an aromatic ring is 2. The van der Waals surface area contributed by atoms with E-state index in [4.69, 9.17) is 20.9 Å². The molecule has 5 heteroatoms. The normalized spacial score (nSPS) is 10.1. The summed E-state index contributed by atoms with van der Waals surface area (Å²) in [6, 6.07) is 9.82.